The lowest BCUT2D eigenvalue weighted by atomic mass is 10.1. The fourth-order valence-electron chi connectivity index (χ4n) is 2.30. The molecule has 1 aromatic rings. The molecule has 1 heterocycles. The van der Waals surface area contributed by atoms with E-state index in [1.54, 1.807) is 0 Å². The van der Waals surface area contributed by atoms with Crippen LogP contribution in [0.4, 0.5) is 17.3 Å². The first-order chi connectivity index (χ1) is 9.42. The summed E-state index contributed by atoms with van der Waals surface area (Å²) in [5.74, 6) is 0.607. The summed E-state index contributed by atoms with van der Waals surface area (Å²) >= 11 is 0. The summed E-state index contributed by atoms with van der Waals surface area (Å²) in [7, 11) is 0. The van der Waals surface area contributed by atoms with Crippen LogP contribution in [0.3, 0.4) is 0 Å². The Bertz CT molecular complexity index is 460. The van der Waals surface area contributed by atoms with Crippen LogP contribution < -0.4 is 10.6 Å². The number of nitrogen functional groups attached to an aromatic ring is 1. The molecule has 1 rings (SSSR count). The van der Waals surface area contributed by atoms with Crippen LogP contribution in [0, 0.1) is 16.0 Å². The zero-order valence-corrected chi connectivity index (χ0v) is 12.5. The van der Waals surface area contributed by atoms with Gasteiger partial charge in [-0.1, -0.05) is 27.7 Å². The van der Waals surface area contributed by atoms with Crippen LogP contribution in [0.15, 0.2) is 6.33 Å². The molecule has 0 aromatic carbocycles. The number of anilines is 2. The van der Waals surface area contributed by atoms with Gasteiger partial charge in [0.2, 0.25) is 11.6 Å². The third kappa shape index (κ3) is 3.55. The number of nitrogens with two attached hydrogens (primary N) is 1. The van der Waals surface area contributed by atoms with E-state index in [4.69, 9.17) is 5.73 Å². The van der Waals surface area contributed by atoms with Crippen LogP contribution in [0.25, 0.3) is 0 Å². The Morgan fingerprint density at radius 3 is 2.40 bits per heavy atom. The fraction of sp³-hybridized carbons (Fsp3) is 0.692. The number of aromatic nitrogens is 2. The van der Waals surface area contributed by atoms with E-state index < -0.39 is 4.92 Å². The molecule has 0 aliphatic rings. The third-order valence-electron chi connectivity index (χ3n) is 3.23. The molecule has 0 spiro atoms. The topological polar surface area (TPSA) is 98.2 Å². The maximum atomic E-state index is 11.3. The first-order valence-electron chi connectivity index (χ1n) is 6.93. The van der Waals surface area contributed by atoms with E-state index in [0.29, 0.717) is 18.3 Å². The lowest BCUT2D eigenvalue weighted by molar-refractivity contribution is -0.383. The minimum absolute atomic E-state index is 0.0836. The molecular weight excluding hydrogens is 258 g/mol. The summed E-state index contributed by atoms with van der Waals surface area (Å²) in [6, 6.07) is 0.199. The number of nitrogens with zero attached hydrogens (tertiary/aromatic N) is 4. The van der Waals surface area contributed by atoms with Gasteiger partial charge in [-0.2, -0.15) is 0 Å². The van der Waals surface area contributed by atoms with Gasteiger partial charge >= 0.3 is 5.69 Å². The van der Waals surface area contributed by atoms with Gasteiger partial charge in [0.1, 0.15) is 6.33 Å². The SMILES string of the molecule is CCC(CC)N(CC(C)C)c1ncnc(N)c1[N+](=O)[O-]. The highest BCUT2D eigenvalue weighted by Crippen LogP contribution is 2.32. The predicted molar refractivity (Wildman–Crippen MR) is 79.7 cm³/mol. The van der Waals surface area contributed by atoms with Gasteiger partial charge in [-0.05, 0) is 18.8 Å². The smallest absolute Gasteiger partial charge is 0.353 e. The van der Waals surface area contributed by atoms with Crippen molar-refractivity contribution in [2.45, 2.75) is 46.6 Å². The van der Waals surface area contributed by atoms with Crippen LogP contribution in [-0.2, 0) is 0 Å². The van der Waals surface area contributed by atoms with Gasteiger partial charge in [-0.25, -0.2) is 9.97 Å². The molecule has 0 bridgehead atoms. The lowest BCUT2D eigenvalue weighted by Gasteiger charge is -2.32. The molecule has 7 nitrogen and oxygen atoms in total. The van der Waals surface area contributed by atoms with E-state index in [0.717, 1.165) is 12.8 Å². The monoisotopic (exact) mass is 281 g/mol. The Morgan fingerprint density at radius 1 is 1.35 bits per heavy atom. The summed E-state index contributed by atoms with van der Waals surface area (Å²) in [5.41, 5.74) is 5.46. The quantitative estimate of drug-likeness (QED) is 0.609. The molecule has 0 aliphatic carbocycles. The highest BCUT2D eigenvalue weighted by molar-refractivity contribution is 5.68. The van der Waals surface area contributed by atoms with Gasteiger partial charge in [0.15, 0.2) is 0 Å². The highest BCUT2D eigenvalue weighted by Gasteiger charge is 2.29. The van der Waals surface area contributed by atoms with Gasteiger partial charge in [0.25, 0.3) is 0 Å². The van der Waals surface area contributed by atoms with Crippen LogP contribution in [0.5, 0.6) is 0 Å². The summed E-state index contributed by atoms with van der Waals surface area (Å²) in [6.07, 6.45) is 3.07. The van der Waals surface area contributed by atoms with Gasteiger partial charge in [-0.3, -0.25) is 10.1 Å². The minimum Gasteiger partial charge on any atom is -0.378 e. The molecule has 7 heteroatoms. The normalized spacial score (nSPS) is 11.1. The summed E-state index contributed by atoms with van der Waals surface area (Å²) in [5, 5.41) is 11.3. The van der Waals surface area contributed by atoms with E-state index in [1.165, 1.54) is 6.33 Å². The van der Waals surface area contributed by atoms with Crippen molar-refractivity contribution in [3.63, 3.8) is 0 Å². The Labute approximate surface area is 119 Å². The number of hydrogen-bond donors (Lipinski definition) is 1. The van der Waals surface area contributed by atoms with Crippen molar-refractivity contribution < 1.29 is 4.92 Å². The van der Waals surface area contributed by atoms with Crippen molar-refractivity contribution in [2.24, 2.45) is 5.92 Å². The van der Waals surface area contributed by atoms with E-state index >= 15 is 0 Å². The standard InChI is InChI=1S/C13H23N5O2/c1-5-10(6-2)17(7-9(3)4)13-11(18(19)20)12(14)15-8-16-13/h8-10H,5-7H2,1-4H3,(H2,14,15,16). The molecule has 0 saturated carbocycles. The highest BCUT2D eigenvalue weighted by atomic mass is 16.6. The van der Waals surface area contributed by atoms with Gasteiger partial charge in [0, 0.05) is 12.6 Å². The summed E-state index contributed by atoms with van der Waals surface area (Å²) < 4.78 is 0. The molecule has 0 saturated heterocycles. The number of hydrogen-bond acceptors (Lipinski definition) is 6. The molecule has 1 aromatic heterocycles. The molecule has 0 fully saturated rings. The molecule has 0 atom stereocenters. The van der Waals surface area contributed by atoms with Crippen molar-refractivity contribution >= 4 is 17.3 Å². The van der Waals surface area contributed by atoms with Crippen LogP contribution >= 0.6 is 0 Å². The second kappa shape index (κ2) is 7.02. The number of rotatable bonds is 7. The Morgan fingerprint density at radius 2 is 1.95 bits per heavy atom. The maximum absolute atomic E-state index is 11.3. The fourth-order valence-corrected chi connectivity index (χ4v) is 2.30. The van der Waals surface area contributed by atoms with Crippen molar-refractivity contribution in [3.05, 3.63) is 16.4 Å². The maximum Gasteiger partial charge on any atom is 0.353 e. The second-order valence-electron chi connectivity index (χ2n) is 5.20. The van der Waals surface area contributed by atoms with Gasteiger partial charge in [0.05, 0.1) is 4.92 Å². The molecule has 0 amide bonds. The number of nitro groups is 1. The van der Waals surface area contributed by atoms with Crippen molar-refractivity contribution in [1.29, 1.82) is 0 Å². The van der Waals surface area contributed by atoms with Crippen molar-refractivity contribution in [2.75, 3.05) is 17.2 Å². The molecule has 0 unspecified atom stereocenters. The lowest BCUT2D eigenvalue weighted by Crippen LogP contribution is -2.38. The van der Waals surface area contributed by atoms with Crippen LogP contribution in [0.2, 0.25) is 0 Å². The van der Waals surface area contributed by atoms with Gasteiger partial charge < -0.3 is 10.6 Å². The molecular formula is C13H23N5O2. The van der Waals surface area contributed by atoms with Crippen molar-refractivity contribution in [1.82, 2.24) is 9.97 Å². The van der Waals surface area contributed by atoms with Crippen molar-refractivity contribution in [3.8, 4) is 0 Å². The summed E-state index contributed by atoms with van der Waals surface area (Å²) in [4.78, 5) is 20.6. The first kappa shape index (κ1) is 16.1. The van der Waals surface area contributed by atoms with Gasteiger partial charge in [-0.15, -0.1) is 0 Å². The van der Waals surface area contributed by atoms with E-state index in [1.807, 2.05) is 4.90 Å². The molecule has 0 aliphatic heterocycles. The molecule has 112 valence electrons. The first-order valence-corrected chi connectivity index (χ1v) is 6.93. The second-order valence-corrected chi connectivity index (χ2v) is 5.20. The zero-order valence-electron chi connectivity index (χ0n) is 12.5. The molecule has 0 radical (unpaired) electrons. The van der Waals surface area contributed by atoms with E-state index in [-0.39, 0.29) is 17.5 Å². The average Bonchev–Trinajstić information content (AvgIpc) is 2.37. The summed E-state index contributed by atoms with van der Waals surface area (Å²) in [6.45, 7) is 8.98. The van der Waals surface area contributed by atoms with Crippen LogP contribution in [0.1, 0.15) is 40.5 Å². The predicted octanol–water partition coefficient (Wildman–Crippen LogP) is 2.62. The Hall–Kier alpha value is -1.92. The van der Waals surface area contributed by atoms with Crippen LogP contribution in [-0.4, -0.2) is 27.5 Å². The average molecular weight is 281 g/mol. The molecule has 20 heavy (non-hydrogen) atoms. The zero-order chi connectivity index (χ0) is 15.3. The minimum atomic E-state index is -0.500. The molecule has 2 N–H and O–H groups in total. The van der Waals surface area contributed by atoms with E-state index in [9.17, 15) is 10.1 Å². The Kier molecular flexibility index (Phi) is 5.66. The third-order valence-corrected chi connectivity index (χ3v) is 3.23. The Balaban J connectivity index is 3.33. The van der Waals surface area contributed by atoms with E-state index in [2.05, 4.69) is 37.7 Å². The largest absolute Gasteiger partial charge is 0.378 e.